The van der Waals surface area contributed by atoms with Gasteiger partial charge >= 0.3 is 10.4 Å². The molecule has 0 spiro atoms. The molecule has 5 heterocycles. The number of methoxy groups -OCH3 is 1. The molecule has 0 amide bonds. The summed E-state index contributed by atoms with van der Waals surface area (Å²) >= 11 is 0. The first-order valence-electron chi connectivity index (χ1n) is 9.76. The van der Waals surface area contributed by atoms with E-state index in [2.05, 4.69) is 16.8 Å². The van der Waals surface area contributed by atoms with Gasteiger partial charge in [-0.1, -0.05) is 6.08 Å². The van der Waals surface area contributed by atoms with Crippen LogP contribution in [-0.4, -0.2) is 57.0 Å². The van der Waals surface area contributed by atoms with Gasteiger partial charge in [-0.2, -0.15) is 8.42 Å². The lowest BCUT2D eigenvalue weighted by molar-refractivity contribution is -0.0260. The Morgan fingerprint density at radius 1 is 1.45 bits per heavy atom. The molecule has 5 aliphatic heterocycles. The van der Waals surface area contributed by atoms with E-state index in [0.717, 1.165) is 25.9 Å². The number of anilines is 1. The highest BCUT2D eigenvalue weighted by Gasteiger charge is 2.48. The molecule has 2 unspecified atom stereocenters. The van der Waals surface area contributed by atoms with Crippen LogP contribution in [0.2, 0.25) is 0 Å². The van der Waals surface area contributed by atoms with Gasteiger partial charge < -0.3 is 19.3 Å². The lowest BCUT2D eigenvalue weighted by Gasteiger charge is -2.51. The molecule has 156 valence electrons. The topological polar surface area (TPSA) is 97.3 Å². The summed E-state index contributed by atoms with van der Waals surface area (Å²) in [5.41, 5.74) is 1.76. The number of hydrogen-bond acceptors (Lipinski definition) is 8. The first-order chi connectivity index (χ1) is 13.9. The number of piperidine rings is 3. The van der Waals surface area contributed by atoms with Crippen LogP contribution in [0.25, 0.3) is 5.57 Å². The summed E-state index contributed by atoms with van der Waals surface area (Å²) in [4.78, 5) is 2.27. The summed E-state index contributed by atoms with van der Waals surface area (Å²) in [5, 5.41) is 14.5. The normalized spacial score (nSPS) is 35.2. The third-order valence-electron chi connectivity index (χ3n) is 6.53. The Morgan fingerprint density at radius 2 is 2.28 bits per heavy atom. The van der Waals surface area contributed by atoms with Crippen molar-refractivity contribution in [2.45, 2.75) is 31.2 Å². The van der Waals surface area contributed by atoms with E-state index in [0.29, 0.717) is 34.4 Å². The van der Waals surface area contributed by atoms with E-state index >= 15 is 0 Å². The SMILES string of the molecule is C=C[C@H]1CN2CC[C@H]1C[C@@H]2[C@@H](O)C1=C2OS(=O)(=O)OC2Nc2ccc(OC)cc21. The maximum atomic E-state index is 12.0. The highest BCUT2D eigenvalue weighted by atomic mass is 32.3. The standard InChI is InChI=1S/C20H24N2O6S/c1-3-11-10-22-7-6-12(11)8-16(22)18(23)17-14-9-13(26-2)4-5-15(14)21-20-19(17)27-29(24,25)28-20/h3-5,9,11-12,16,18,20-21,23H,1,6-8,10H2,2H3/t11-,12-,16+,18+,20?/m0/s1. The third kappa shape index (κ3) is 3.04. The van der Waals surface area contributed by atoms with E-state index in [-0.39, 0.29) is 11.8 Å². The molecular formula is C20H24N2O6S. The molecule has 6 atom stereocenters. The van der Waals surface area contributed by atoms with Gasteiger partial charge in [0.1, 0.15) is 5.75 Å². The van der Waals surface area contributed by atoms with Crippen molar-refractivity contribution in [3.63, 3.8) is 0 Å². The van der Waals surface area contributed by atoms with E-state index in [1.165, 1.54) is 0 Å². The van der Waals surface area contributed by atoms with E-state index < -0.39 is 22.7 Å². The molecule has 2 N–H and O–H groups in total. The first kappa shape index (κ1) is 18.9. The molecule has 2 bridgehead atoms. The summed E-state index contributed by atoms with van der Waals surface area (Å²) in [5.74, 6) is 1.59. The smallest absolute Gasteiger partial charge is 0.451 e. The number of ether oxygens (including phenoxy) is 1. The number of aliphatic hydroxyl groups excluding tert-OH is 1. The average Bonchev–Trinajstić information content (AvgIpc) is 3.04. The van der Waals surface area contributed by atoms with Gasteiger partial charge in [-0.3, -0.25) is 4.90 Å². The molecule has 0 aliphatic carbocycles. The van der Waals surface area contributed by atoms with Crippen LogP contribution < -0.4 is 10.1 Å². The van der Waals surface area contributed by atoms with Crippen molar-refractivity contribution in [3.05, 3.63) is 42.2 Å². The van der Waals surface area contributed by atoms with Gasteiger partial charge in [0.25, 0.3) is 0 Å². The second-order valence-corrected chi connectivity index (χ2v) is 9.17. The Morgan fingerprint density at radius 3 is 2.97 bits per heavy atom. The number of aliphatic hydroxyl groups is 1. The number of rotatable bonds is 4. The molecule has 29 heavy (non-hydrogen) atoms. The minimum atomic E-state index is -4.17. The summed E-state index contributed by atoms with van der Waals surface area (Å²) < 4.78 is 39.5. The van der Waals surface area contributed by atoms with Crippen LogP contribution in [0.4, 0.5) is 5.69 Å². The predicted octanol–water partition coefficient (Wildman–Crippen LogP) is 1.71. The number of benzene rings is 1. The molecule has 1 aromatic rings. The Labute approximate surface area is 170 Å². The quantitative estimate of drug-likeness (QED) is 0.711. The van der Waals surface area contributed by atoms with Gasteiger partial charge in [0.2, 0.25) is 6.23 Å². The molecule has 9 heteroatoms. The second-order valence-electron chi connectivity index (χ2n) is 7.99. The van der Waals surface area contributed by atoms with Crippen molar-refractivity contribution >= 4 is 21.7 Å². The van der Waals surface area contributed by atoms with Gasteiger partial charge in [0.05, 0.1) is 13.2 Å². The molecule has 6 rings (SSSR count). The van der Waals surface area contributed by atoms with Crippen molar-refractivity contribution in [1.29, 1.82) is 0 Å². The number of nitrogens with zero attached hydrogens (tertiary/aromatic N) is 1. The lowest BCUT2D eigenvalue weighted by Crippen LogP contribution is -2.57. The zero-order valence-corrected chi connectivity index (χ0v) is 16.9. The van der Waals surface area contributed by atoms with E-state index in [9.17, 15) is 13.5 Å². The minimum absolute atomic E-state index is 0.0983. The fraction of sp³-hybridized carbons (Fsp3) is 0.500. The van der Waals surface area contributed by atoms with Crippen LogP contribution in [0.15, 0.2) is 36.6 Å². The highest BCUT2D eigenvalue weighted by Crippen LogP contribution is 2.46. The van der Waals surface area contributed by atoms with Crippen molar-refractivity contribution < 1.29 is 26.6 Å². The molecule has 0 saturated carbocycles. The number of hydrogen-bond donors (Lipinski definition) is 2. The maximum Gasteiger partial charge on any atom is 0.451 e. The van der Waals surface area contributed by atoms with Gasteiger partial charge in [0.15, 0.2) is 5.76 Å². The van der Waals surface area contributed by atoms with E-state index in [4.69, 9.17) is 13.1 Å². The largest absolute Gasteiger partial charge is 0.497 e. The Balaban J connectivity index is 1.58. The summed E-state index contributed by atoms with van der Waals surface area (Å²) in [7, 11) is -2.61. The zero-order chi connectivity index (χ0) is 20.3. The molecule has 0 aromatic heterocycles. The van der Waals surface area contributed by atoms with Gasteiger partial charge in [-0.15, -0.1) is 6.58 Å². The molecule has 1 aromatic carbocycles. The van der Waals surface area contributed by atoms with Crippen LogP contribution in [0, 0.1) is 11.8 Å². The molecule has 8 nitrogen and oxygen atoms in total. The monoisotopic (exact) mass is 420 g/mol. The van der Waals surface area contributed by atoms with Gasteiger partial charge in [-0.25, -0.2) is 4.18 Å². The van der Waals surface area contributed by atoms with Crippen molar-refractivity contribution in [2.24, 2.45) is 11.8 Å². The van der Waals surface area contributed by atoms with E-state index in [1.807, 2.05) is 6.08 Å². The van der Waals surface area contributed by atoms with Crippen LogP contribution >= 0.6 is 0 Å². The molecule has 5 aliphatic rings. The fourth-order valence-corrected chi connectivity index (χ4v) is 5.89. The van der Waals surface area contributed by atoms with Crippen LogP contribution in [0.1, 0.15) is 18.4 Å². The van der Waals surface area contributed by atoms with Crippen molar-refractivity contribution in [2.75, 3.05) is 25.5 Å². The van der Waals surface area contributed by atoms with Gasteiger partial charge in [0, 0.05) is 29.4 Å². The van der Waals surface area contributed by atoms with Crippen molar-refractivity contribution in [1.82, 2.24) is 4.90 Å². The average molecular weight is 420 g/mol. The summed E-state index contributed by atoms with van der Waals surface area (Å²) in [6.07, 6.45) is 1.99. The van der Waals surface area contributed by atoms with Crippen LogP contribution in [-0.2, 0) is 18.8 Å². The van der Waals surface area contributed by atoms with E-state index in [1.54, 1.807) is 25.3 Å². The maximum absolute atomic E-state index is 12.0. The van der Waals surface area contributed by atoms with Crippen molar-refractivity contribution in [3.8, 4) is 5.75 Å². The number of nitrogens with one attached hydrogen (secondary N) is 1. The Kier molecular flexibility index (Phi) is 4.39. The highest BCUT2D eigenvalue weighted by molar-refractivity contribution is 7.82. The molecule has 0 radical (unpaired) electrons. The fourth-order valence-electron chi connectivity index (χ4n) is 5.09. The number of fused-ring (bicyclic) bond motifs is 5. The van der Waals surface area contributed by atoms with Crippen LogP contribution in [0.5, 0.6) is 5.75 Å². The first-order valence-corrected chi connectivity index (χ1v) is 11.1. The van der Waals surface area contributed by atoms with Gasteiger partial charge in [-0.05, 0) is 49.4 Å². The Hall–Kier alpha value is -2.07. The van der Waals surface area contributed by atoms with Crippen LogP contribution in [0.3, 0.4) is 0 Å². The zero-order valence-electron chi connectivity index (χ0n) is 16.1. The molecular weight excluding hydrogens is 396 g/mol. The summed E-state index contributed by atoms with van der Waals surface area (Å²) in [6.45, 7) is 5.70. The second kappa shape index (κ2) is 6.73. The third-order valence-corrected chi connectivity index (χ3v) is 7.34. The summed E-state index contributed by atoms with van der Waals surface area (Å²) in [6, 6.07) is 5.21. The predicted molar refractivity (Wildman–Crippen MR) is 106 cm³/mol. The minimum Gasteiger partial charge on any atom is -0.497 e. The Bertz CT molecular complexity index is 991. The molecule has 4 saturated heterocycles. The molecule has 4 fully saturated rings. The lowest BCUT2D eigenvalue weighted by atomic mass is 9.73.